The number of fused-ring (bicyclic) bond motifs is 1. The standard InChI is InChI=1S/C16H28N2O3/c1-15(2)13-12(6-4-8-21-13)16(15,17)14(20)18-7-3-5-11(9-18)10-19/h11-13,19H,3-10,17H2,1-2H3. The topological polar surface area (TPSA) is 75.8 Å². The summed E-state index contributed by atoms with van der Waals surface area (Å²) in [6.45, 7) is 6.46. The fraction of sp³-hybridized carbons (Fsp3) is 0.938. The van der Waals surface area contributed by atoms with Gasteiger partial charge in [-0.3, -0.25) is 4.79 Å². The van der Waals surface area contributed by atoms with Crippen LogP contribution in [0.1, 0.15) is 39.5 Å². The summed E-state index contributed by atoms with van der Waals surface area (Å²) in [4.78, 5) is 15.0. The quantitative estimate of drug-likeness (QED) is 0.788. The number of hydrogen-bond acceptors (Lipinski definition) is 4. The summed E-state index contributed by atoms with van der Waals surface area (Å²) in [5.41, 5.74) is 5.53. The first-order chi connectivity index (χ1) is 9.92. The maximum Gasteiger partial charge on any atom is 0.243 e. The molecule has 3 N–H and O–H groups in total. The highest BCUT2D eigenvalue weighted by Crippen LogP contribution is 2.58. The van der Waals surface area contributed by atoms with E-state index in [4.69, 9.17) is 10.5 Å². The van der Waals surface area contributed by atoms with Crippen molar-refractivity contribution in [1.29, 1.82) is 0 Å². The number of piperidine rings is 1. The third-order valence-corrected chi connectivity index (χ3v) is 6.10. The van der Waals surface area contributed by atoms with Crippen LogP contribution < -0.4 is 5.73 Å². The fourth-order valence-electron chi connectivity index (χ4n) is 4.67. The van der Waals surface area contributed by atoms with Gasteiger partial charge in [-0.1, -0.05) is 13.8 Å². The maximum absolute atomic E-state index is 13.1. The molecule has 5 nitrogen and oxygen atoms in total. The Morgan fingerprint density at radius 2 is 2.14 bits per heavy atom. The molecule has 0 spiro atoms. The lowest BCUT2D eigenvalue weighted by Gasteiger charge is -2.66. The number of rotatable bonds is 2. The summed E-state index contributed by atoms with van der Waals surface area (Å²) >= 11 is 0. The normalized spacial score (nSPS) is 42.1. The number of hydrogen-bond donors (Lipinski definition) is 2. The fourth-order valence-corrected chi connectivity index (χ4v) is 4.67. The highest BCUT2D eigenvalue weighted by molar-refractivity contribution is 5.89. The molecule has 2 heterocycles. The first-order valence-electron chi connectivity index (χ1n) is 8.23. The summed E-state index contributed by atoms with van der Waals surface area (Å²) < 4.78 is 5.88. The number of aliphatic hydroxyl groups is 1. The summed E-state index contributed by atoms with van der Waals surface area (Å²) in [7, 11) is 0. The lowest BCUT2D eigenvalue weighted by Crippen LogP contribution is -2.82. The number of amides is 1. The zero-order valence-corrected chi connectivity index (χ0v) is 13.2. The van der Waals surface area contributed by atoms with Gasteiger partial charge in [0.05, 0.1) is 6.10 Å². The van der Waals surface area contributed by atoms with Crippen molar-refractivity contribution in [2.24, 2.45) is 23.0 Å². The summed E-state index contributed by atoms with van der Waals surface area (Å²) in [6.07, 6.45) is 4.03. The van der Waals surface area contributed by atoms with Crippen LogP contribution >= 0.6 is 0 Å². The van der Waals surface area contributed by atoms with E-state index < -0.39 is 5.54 Å². The van der Waals surface area contributed by atoms with Crippen molar-refractivity contribution in [2.45, 2.75) is 51.2 Å². The van der Waals surface area contributed by atoms with E-state index in [9.17, 15) is 9.90 Å². The van der Waals surface area contributed by atoms with Crippen LogP contribution in [0.4, 0.5) is 0 Å². The van der Waals surface area contributed by atoms with E-state index in [1.165, 1.54) is 0 Å². The second kappa shape index (κ2) is 5.21. The zero-order valence-electron chi connectivity index (χ0n) is 13.2. The van der Waals surface area contributed by atoms with Crippen molar-refractivity contribution in [1.82, 2.24) is 4.90 Å². The predicted molar refractivity (Wildman–Crippen MR) is 79.6 cm³/mol. The number of carbonyl (C=O) groups excluding carboxylic acids is 1. The first kappa shape index (κ1) is 15.3. The van der Waals surface area contributed by atoms with Crippen LogP contribution in [0.2, 0.25) is 0 Å². The lowest BCUT2D eigenvalue weighted by atomic mass is 9.46. The highest BCUT2D eigenvalue weighted by atomic mass is 16.5. The van der Waals surface area contributed by atoms with Crippen LogP contribution in [0, 0.1) is 17.3 Å². The molecular weight excluding hydrogens is 268 g/mol. The monoisotopic (exact) mass is 296 g/mol. The van der Waals surface area contributed by atoms with E-state index in [1.54, 1.807) is 0 Å². The molecule has 3 fully saturated rings. The third kappa shape index (κ3) is 2.05. The lowest BCUT2D eigenvalue weighted by molar-refractivity contribution is -0.230. The Morgan fingerprint density at radius 3 is 2.86 bits per heavy atom. The van der Waals surface area contributed by atoms with Gasteiger partial charge in [0.2, 0.25) is 5.91 Å². The number of nitrogens with two attached hydrogens (primary N) is 1. The second-order valence-electron chi connectivity index (χ2n) is 7.57. The van der Waals surface area contributed by atoms with Crippen molar-refractivity contribution in [3.05, 3.63) is 0 Å². The van der Waals surface area contributed by atoms with Gasteiger partial charge in [-0.15, -0.1) is 0 Å². The largest absolute Gasteiger partial charge is 0.396 e. The van der Waals surface area contributed by atoms with E-state index in [-0.39, 0.29) is 35.9 Å². The number of carbonyl (C=O) groups is 1. The summed E-state index contributed by atoms with van der Waals surface area (Å²) in [5.74, 6) is 0.411. The molecule has 0 aromatic heterocycles. The molecule has 1 aliphatic carbocycles. The van der Waals surface area contributed by atoms with Gasteiger partial charge in [-0.05, 0) is 31.6 Å². The van der Waals surface area contributed by atoms with Gasteiger partial charge in [0.1, 0.15) is 5.54 Å². The molecule has 3 aliphatic rings. The van der Waals surface area contributed by atoms with Crippen LogP contribution in [0.5, 0.6) is 0 Å². The van der Waals surface area contributed by atoms with Gasteiger partial charge in [0, 0.05) is 37.6 Å². The molecule has 3 rings (SSSR count). The van der Waals surface area contributed by atoms with Crippen LogP contribution in [0.3, 0.4) is 0 Å². The minimum atomic E-state index is -0.810. The molecular formula is C16H28N2O3. The Labute approximate surface area is 126 Å². The summed E-state index contributed by atoms with van der Waals surface area (Å²) in [6, 6.07) is 0. The third-order valence-electron chi connectivity index (χ3n) is 6.10. The molecule has 1 saturated carbocycles. The average molecular weight is 296 g/mol. The van der Waals surface area contributed by atoms with Crippen molar-refractivity contribution in [3.63, 3.8) is 0 Å². The Kier molecular flexibility index (Phi) is 3.79. The minimum absolute atomic E-state index is 0.0670. The van der Waals surface area contributed by atoms with Crippen molar-refractivity contribution in [3.8, 4) is 0 Å². The molecule has 0 bridgehead atoms. The number of ether oxygens (including phenoxy) is 1. The maximum atomic E-state index is 13.1. The number of aliphatic hydroxyl groups excluding tert-OH is 1. The second-order valence-corrected chi connectivity index (χ2v) is 7.57. The Hall–Kier alpha value is -0.650. The molecule has 2 aliphatic heterocycles. The Balaban J connectivity index is 1.79. The zero-order chi connectivity index (χ0) is 15.3. The van der Waals surface area contributed by atoms with E-state index >= 15 is 0 Å². The molecule has 4 atom stereocenters. The van der Waals surface area contributed by atoms with E-state index in [0.717, 1.165) is 38.8 Å². The minimum Gasteiger partial charge on any atom is -0.396 e. The molecule has 1 amide bonds. The Bertz CT molecular complexity index is 426. The average Bonchev–Trinajstić information content (AvgIpc) is 2.53. The van der Waals surface area contributed by atoms with E-state index in [0.29, 0.717) is 6.54 Å². The molecule has 0 aromatic carbocycles. The van der Waals surface area contributed by atoms with Crippen LogP contribution in [0.25, 0.3) is 0 Å². The smallest absolute Gasteiger partial charge is 0.243 e. The van der Waals surface area contributed by atoms with Gasteiger partial charge in [-0.25, -0.2) is 0 Å². The van der Waals surface area contributed by atoms with Gasteiger partial charge >= 0.3 is 0 Å². The van der Waals surface area contributed by atoms with Gasteiger partial charge < -0.3 is 20.5 Å². The molecule has 4 unspecified atom stereocenters. The van der Waals surface area contributed by atoms with E-state index in [1.807, 2.05) is 4.90 Å². The van der Waals surface area contributed by atoms with Crippen molar-refractivity contribution in [2.75, 3.05) is 26.3 Å². The van der Waals surface area contributed by atoms with Gasteiger partial charge in [-0.2, -0.15) is 0 Å². The van der Waals surface area contributed by atoms with Gasteiger partial charge in [0.25, 0.3) is 0 Å². The molecule has 120 valence electrons. The van der Waals surface area contributed by atoms with E-state index in [2.05, 4.69) is 13.8 Å². The van der Waals surface area contributed by atoms with Crippen molar-refractivity contribution >= 4 is 5.91 Å². The van der Waals surface area contributed by atoms with Gasteiger partial charge in [0.15, 0.2) is 0 Å². The number of nitrogens with zero attached hydrogens (tertiary/aromatic N) is 1. The molecule has 21 heavy (non-hydrogen) atoms. The predicted octanol–water partition coefficient (Wildman–Crippen LogP) is 0.750. The SMILES string of the molecule is CC1(C)C2OCCCC2C1(N)C(=O)N1CCCC(CO)C1. The number of likely N-dealkylation sites (tertiary alicyclic amines) is 1. The first-order valence-corrected chi connectivity index (χ1v) is 8.23. The van der Waals surface area contributed by atoms with Crippen LogP contribution in [-0.2, 0) is 9.53 Å². The Morgan fingerprint density at radius 1 is 1.38 bits per heavy atom. The molecule has 0 aromatic rings. The molecule has 5 heteroatoms. The summed E-state index contributed by atoms with van der Waals surface area (Å²) in [5, 5.41) is 9.37. The van der Waals surface area contributed by atoms with Crippen molar-refractivity contribution < 1.29 is 14.6 Å². The van der Waals surface area contributed by atoms with Crippen LogP contribution in [-0.4, -0.2) is 53.9 Å². The van der Waals surface area contributed by atoms with Crippen LogP contribution in [0.15, 0.2) is 0 Å². The molecule has 0 radical (unpaired) electrons. The molecule has 2 saturated heterocycles. The highest BCUT2D eigenvalue weighted by Gasteiger charge is 2.70.